The van der Waals surface area contributed by atoms with Crippen molar-refractivity contribution >= 4 is 14.6 Å². The van der Waals surface area contributed by atoms with Crippen LogP contribution in [-0.2, 0) is 0 Å². The molecule has 0 aliphatic carbocycles. The molecule has 12 heavy (non-hydrogen) atoms. The summed E-state index contributed by atoms with van der Waals surface area (Å²) in [5.74, 6) is 0.441. The topological polar surface area (TPSA) is 39.4 Å². The van der Waals surface area contributed by atoms with Gasteiger partial charge in [0.15, 0.2) is 6.29 Å². The summed E-state index contributed by atoms with van der Waals surface area (Å²) >= 11 is 0. The van der Waals surface area contributed by atoms with E-state index >= 15 is 0 Å². The van der Waals surface area contributed by atoms with Crippen LogP contribution in [0.25, 0.3) is 0 Å². The Morgan fingerprint density at radius 2 is 2.17 bits per heavy atom. The summed E-state index contributed by atoms with van der Waals surface area (Å²) in [5, 5.41) is 0. The van der Waals surface area contributed by atoms with Gasteiger partial charge < -0.3 is 8.84 Å². The van der Waals surface area contributed by atoms with Gasteiger partial charge in [-0.05, 0) is 19.6 Å². The molecule has 0 spiro atoms. The molecule has 0 radical (unpaired) electrons. The molecule has 0 fully saturated rings. The van der Waals surface area contributed by atoms with Crippen molar-refractivity contribution in [3.8, 4) is 5.95 Å². The van der Waals surface area contributed by atoms with Gasteiger partial charge in [-0.15, -0.1) is 0 Å². The molecular weight excluding hydrogens is 172 g/mol. The second kappa shape index (κ2) is 3.14. The minimum atomic E-state index is -1.61. The van der Waals surface area contributed by atoms with Gasteiger partial charge in [-0.3, -0.25) is 4.79 Å². The van der Waals surface area contributed by atoms with E-state index in [0.717, 1.165) is 6.29 Å². The van der Waals surface area contributed by atoms with Crippen molar-refractivity contribution < 1.29 is 13.6 Å². The molecule has 0 bridgehead atoms. The van der Waals surface area contributed by atoms with Gasteiger partial charge in [0.25, 0.3) is 5.95 Å². The van der Waals surface area contributed by atoms with E-state index < -0.39 is 8.32 Å². The smallest absolute Gasteiger partial charge is 0.271 e. The normalized spacial score (nSPS) is 11.2. The molecule has 0 N–H and O–H groups in total. The monoisotopic (exact) mass is 184 g/mol. The molecule has 3 nitrogen and oxygen atoms in total. The van der Waals surface area contributed by atoms with Crippen molar-refractivity contribution in [2.24, 2.45) is 0 Å². The van der Waals surface area contributed by atoms with E-state index in [1.807, 2.05) is 0 Å². The van der Waals surface area contributed by atoms with Crippen molar-refractivity contribution in [3.63, 3.8) is 0 Å². The number of aldehydes is 1. The summed E-state index contributed by atoms with van der Waals surface area (Å²) in [6.45, 7) is 6.16. The van der Waals surface area contributed by atoms with Crippen LogP contribution in [-0.4, -0.2) is 14.6 Å². The lowest BCUT2D eigenvalue weighted by Crippen LogP contribution is -2.28. The van der Waals surface area contributed by atoms with Crippen molar-refractivity contribution in [1.29, 1.82) is 0 Å². The van der Waals surface area contributed by atoms with Crippen LogP contribution in [0.15, 0.2) is 16.7 Å². The maximum atomic E-state index is 10.3. The van der Waals surface area contributed by atoms with Gasteiger partial charge in [0.1, 0.15) is 6.26 Å². The van der Waals surface area contributed by atoms with E-state index in [0.29, 0.717) is 11.5 Å². The maximum absolute atomic E-state index is 10.3. The molecular formula is C8H12O3Si. The predicted molar refractivity (Wildman–Crippen MR) is 48.1 cm³/mol. The Balaban J connectivity index is 2.70. The van der Waals surface area contributed by atoms with Gasteiger partial charge in [0.2, 0.25) is 8.32 Å². The first-order chi connectivity index (χ1) is 5.51. The Kier molecular flexibility index (Phi) is 2.37. The number of carbonyl (C=O) groups is 1. The van der Waals surface area contributed by atoms with Gasteiger partial charge in [-0.2, -0.15) is 0 Å². The third-order valence-electron chi connectivity index (χ3n) is 1.14. The molecule has 1 rings (SSSR count). The standard InChI is InChI=1S/C8H12O3Si/c1-12(2,3)11-8-4-7(5-9)6-10-8/h4-6H,1-3H3. The molecule has 0 aromatic carbocycles. The van der Waals surface area contributed by atoms with Crippen LogP contribution in [0.5, 0.6) is 5.95 Å². The Labute approximate surface area is 72.5 Å². The molecule has 4 heteroatoms. The van der Waals surface area contributed by atoms with E-state index in [4.69, 9.17) is 8.84 Å². The van der Waals surface area contributed by atoms with Crippen LogP contribution in [0.2, 0.25) is 19.6 Å². The lowest BCUT2D eigenvalue weighted by Gasteiger charge is -2.15. The van der Waals surface area contributed by atoms with Crippen LogP contribution >= 0.6 is 0 Å². The zero-order valence-electron chi connectivity index (χ0n) is 7.46. The average molecular weight is 184 g/mol. The predicted octanol–water partition coefficient (Wildman–Crippen LogP) is 2.31. The lowest BCUT2D eigenvalue weighted by molar-refractivity contribution is 0.112. The van der Waals surface area contributed by atoms with Gasteiger partial charge in [0.05, 0.1) is 5.56 Å². The zero-order chi connectivity index (χ0) is 9.19. The quantitative estimate of drug-likeness (QED) is 0.534. The summed E-state index contributed by atoms with van der Waals surface area (Å²) in [7, 11) is -1.61. The van der Waals surface area contributed by atoms with E-state index in [2.05, 4.69) is 19.6 Å². The first-order valence-electron chi connectivity index (χ1n) is 3.74. The van der Waals surface area contributed by atoms with Crippen LogP contribution < -0.4 is 4.43 Å². The highest BCUT2D eigenvalue weighted by Gasteiger charge is 2.18. The maximum Gasteiger partial charge on any atom is 0.271 e. The number of rotatable bonds is 3. The molecule has 0 amide bonds. The summed E-state index contributed by atoms with van der Waals surface area (Å²) < 4.78 is 10.5. The highest BCUT2D eigenvalue weighted by Crippen LogP contribution is 2.18. The largest absolute Gasteiger partial charge is 0.519 e. The molecule has 66 valence electrons. The van der Waals surface area contributed by atoms with E-state index in [1.54, 1.807) is 6.07 Å². The summed E-state index contributed by atoms with van der Waals surface area (Å²) in [6.07, 6.45) is 2.13. The molecule has 0 unspecified atom stereocenters. The highest BCUT2D eigenvalue weighted by molar-refractivity contribution is 6.70. The fourth-order valence-corrected chi connectivity index (χ4v) is 1.46. The zero-order valence-corrected chi connectivity index (χ0v) is 8.46. The molecule has 0 saturated heterocycles. The van der Waals surface area contributed by atoms with Crippen LogP contribution in [0.1, 0.15) is 10.4 Å². The van der Waals surface area contributed by atoms with Gasteiger partial charge in [-0.1, -0.05) is 0 Å². The fourth-order valence-electron chi connectivity index (χ4n) is 0.747. The van der Waals surface area contributed by atoms with Crippen LogP contribution in [0.3, 0.4) is 0 Å². The number of carbonyl (C=O) groups excluding carboxylic acids is 1. The van der Waals surface area contributed by atoms with Crippen molar-refractivity contribution in [1.82, 2.24) is 0 Å². The van der Waals surface area contributed by atoms with Crippen molar-refractivity contribution in [2.75, 3.05) is 0 Å². The third-order valence-corrected chi connectivity index (χ3v) is 1.95. The van der Waals surface area contributed by atoms with Gasteiger partial charge in [0, 0.05) is 6.07 Å². The SMILES string of the molecule is C[Si](C)(C)Oc1cc(C=O)co1. The van der Waals surface area contributed by atoms with Crippen LogP contribution in [0.4, 0.5) is 0 Å². The van der Waals surface area contributed by atoms with Gasteiger partial charge >= 0.3 is 0 Å². The number of hydrogen-bond donors (Lipinski definition) is 0. The summed E-state index contributed by atoms with van der Waals surface area (Å²) in [6, 6.07) is 1.60. The Morgan fingerprint density at radius 3 is 2.58 bits per heavy atom. The first kappa shape index (κ1) is 9.06. The average Bonchev–Trinajstić information content (AvgIpc) is 2.32. The number of hydrogen-bond acceptors (Lipinski definition) is 3. The Morgan fingerprint density at radius 1 is 1.50 bits per heavy atom. The summed E-state index contributed by atoms with van der Waals surface area (Å²) in [5.41, 5.74) is 0.517. The second-order valence-corrected chi connectivity index (χ2v) is 7.96. The lowest BCUT2D eigenvalue weighted by atomic mass is 10.4. The van der Waals surface area contributed by atoms with Crippen molar-refractivity contribution in [3.05, 3.63) is 17.9 Å². The highest BCUT2D eigenvalue weighted by atomic mass is 28.4. The number of furan rings is 1. The Bertz CT molecular complexity index is 272. The molecule has 1 aromatic rings. The van der Waals surface area contributed by atoms with Crippen LogP contribution in [0, 0.1) is 0 Å². The molecule has 0 atom stereocenters. The molecule has 0 aliphatic heterocycles. The summed E-state index contributed by atoms with van der Waals surface area (Å²) in [4.78, 5) is 10.3. The molecule has 0 saturated carbocycles. The minimum absolute atomic E-state index is 0.441. The molecule has 1 heterocycles. The molecule has 1 aromatic heterocycles. The second-order valence-electron chi connectivity index (χ2n) is 3.53. The van der Waals surface area contributed by atoms with Crippen molar-refractivity contribution in [2.45, 2.75) is 19.6 Å². The van der Waals surface area contributed by atoms with E-state index in [-0.39, 0.29) is 0 Å². The third kappa shape index (κ3) is 2.54. The van der Waals surface area contributed by atoms with Gasteiger partial charge in [-0.25, -0.2) is 0 Å². The first-order valence-corrected chi connectivity index (χ1v) is 7.15. The molecule has 0 aliphatic rings. The van der Waals surface area contributed by atoms with E-state index in [1.165, 1.54) is 6.26 Å². The Hall–Kier alpha value is -1.03. The minimum Gasteiger partial charge on any atom is -0.519 e. The van der Waals surface area contributed by atoms with E-state index in [9.17, 15) is 4.79 Å². The fraction of sp³-hybridized carbons (Fsp3) is 0.375.